The minimum absolute atomic E-state index is 0.466. The van der Waals surface area contributed by atoms with Crippen molar-refractivity contribution in [3.8, 4) is 0 Å². The normalized spacial score (nSPS) is 28.5. The summed E-state index contributed by atoms with van der Waals surface area (Å²) in [6.07, 6.45) is 5.46. The molecule has 2 aliphatic rings. The summed E-state index contributed by atoms with van der Waals surface area (Å²) in [6, 6.07) is 0.848. The number of ketones is 1. The number of rotatable bonds is 1. The first-order valence-corrected chi connectivity index (χ1v) is 4.62. The zero-order valence-corrected chi connectivity index (χ0v) is 6.88. The Labute approximate surface area is 67.6 Å². The maximum atomic E-state index is 11.0. The quantitative estimate of drug-likeness (QED) is 0.564. The van der Waals surface area contributed by atoms with Crippen molar-refractivity contribution in [3.63, 3.8) is 0 Å². The molecule has 0 aromatic carbocycles. The van der Waals surface area contributed by atoms with Crippen molar-refractivity contribution < 1.29 is 4.79 Å². The predicted molar refractivity (Wildman–Crippen MR) is 43.5 cm³/mol. The molecule has 1 aliphatic carbocycles. The Morgan fingerprint density at radius 1 is 1.18 bits per heavy atom. The van der Waals surface area contributed by atoms with Gasteiger partial charge >= 0.3 is 0 Å². The van der Waals surface area contributed by atoms with Gasteiger partial charge in [0.05, 0.1) is 0 Å². The van der Waals surface area contributed by atoms with E-state index in [4.69, 9.17) is 0 Å². The van der Waals surface area contributed by atoms with Crippen LogP contribution in [0.15, 0.2) is 0 Å². The Balaban J connectivity index is 1.87. The maximum absolute atomic E-state index is 11.0. The Bertz CT molecular complexity index is 163. The van der Waals surface area contributed by atoms with Crippen LogP contribution in [-0.2, 0) is 4.79 Å². The highest BCUT2D eigenvalue weighted by Crippen LogP contribution is 2.28. The second kappa shape index (κ2) is 2.94. The van der Waals surface area contributed by atoms with Crippen LogP contribution in [0.4, 0.5) is 0 Å². The van der Waals surface area contributed by atoms with Crippen LogP contribution in [0, 0.1) is 0 Å². The van der Waals surface area contributed by atoms with E-state index in [-0.39, 0.29) is 0 Å². The van der Waals surface area contributed by atoms with E-state index in [9.17, 15) is 4.79 Å². The molecule has 0 atom stereocenters. The number of carbonyl (C=O) groups is 1. The van der Waals surface area contributed by atoms with E-state index >= 15 is 0 Å². The van der Waals surface area contributed by atoms with Gasteiger partial charge in [0.15, 0.2) is 0 Å². The lowest BCUT2D eigenvalue weighted by Crippen LogP contribution is -2.26. The molecule has 2 nitrogen and oxygen atoms in total. The van der Waals surface area contributed by atoms with Gasteiger partial charge in [-0.3, -0.25) is 9.69 Å². The van der Waals surface area contributed by atoms with Crippen molar-refractivity contribution in [2.75, 3.05) is 13.1 Å². The fourth-order valence-corrected chi connectivity index (χ4v) is 1.79. The standard InChI is InChI=1S/C9H15NO/c11-9-2-1-6-10(7-5-9)8-3-4-8/h8H,1-7H2. The summed E-state index contributed by atoms with van der Waals surface area (Å²) in [6.45, 7) is 2.19. The van der Waals surface area contributed by atoms with Crippen molar-refractivity contribution >= 4 is 5.78 Å². The first-order valence-electron chi connectivity index (χ1n) is 4.62. The van der Waals surface area contributed by atoms with E-state index in [2.05, 4.69) is 4.90 Å². The average Bonchev–Trinajstić information content (AvgIpc) is 2.73. The van der Waals surface area contributed by atoms with E-state index in [1.54, 1.807) is 0 Å². The van der Waals surface area contributed by atoms with Crippen molar-refractivity contribution in [1.29, 1.82) is 0 Å². The van der Waals surface area contributed by atoms with Gasteiger partial charge in [-0.25, -0.2) is 0 Å². The largest absolute Gasteiger partial charge is 0.300 e. The topological polar surface area (TPSA) is 20.3 Å². The zero-order valence-electron chi connectivity index (χ0n) is 6.88. The first kappa shape index (κ1) is 7.29. The molecule has 0 amide bonds. The number of hydrogen-bond donors (Lipinski definition) is 0. The van der Waals surface area contributed by atoms with Crippen molar-refractivity contribution in [3.05, 3.63) is 0 Å². The summed E-state index contributed by atoms with van der Waals surface area (Å²) in [5, 5.41) is 0. The van der Waals surface area contributed by atoms with Gasteiger partial charge in [-0.05, 0) is 25.8 Å². The molecule has 1 saturated heterocycles. The molecule has 0 N–H and O–H groups in total. The Morgan fingerprint density at radius 3 is 2.73 bits per heavy atom. The molecular weight excluding hydrogens is 138 g/mol. The van der Waals surface area contributed by atoms with Gasteiger partial charge in [-0.15, -0.1) is 0 Å². The summed E-state index contributed by atoms with van der Waals surface area (Å²) in [5.74, 6) is 0.466. The number of nitrogens with zero attached hydrogens (tertiary/aromatic N) is 1. The highest BCUT2D eigenvalue weighted by atomic mass is 16.1. The van der Waals surface area contributed by atoms with E-state index in [1.807, 2.05) is 0 Å². The molecule has 2 fully saturated rings. The van der Waals surface area contributed by atoms with Gasteiger partial charge in [0.1, 0.15) is 5.78 Å². The van der Waals surface area contributed by atoms with Gasteiger partial charge in [-0.1, -0.05) is 0 Å². The second-order valence-corrected chi connectivity index (χ2v) is 3.66. The zero-order chi connectivity index (χ0) is 7.68. The Kier molecular flexibility index (Phi) is 1.95. The van der Waals surface area contributed by atoms with Crippen molar-refractivity contribution in [2.24, 2.45) is 0 Å². The fraction of sp³-hybridized carbons (Fsp3) is 0.889. The van der Waals surface area contributed by atoms with Crippen LogP contribution in [0.2, 0.25) is 0 Å². The first-order chi connectivity index (χ1) is 5.36. The molecule has 1 saturated carbocycles. The van der Waals surface area contributed by atoms with Crippen LogP contribution in [0.3, 0.4) is 0 Å². The number of hydrogen-bond acceptors (Lipinski definition) is 2. The molecule has 1 heterocycles. The summed E-state index contributed by atoms with van der Waals surface area (Å²) in [4.78, 5) is 13.5. The van der Waals surface area contributed by atoms with Crippen LogP contribution < -0.4 is 0 Å². The van der Waals surface area contributed by atoms with Crippen LogP contribution >= 0.6 is 0 Å². The molecule has 0 aromatic heterocycles. The van der Waals surface area contributed by atoms with Gasteiger partial charge in [-0.2, -0.15) is 0 Å². The second-order valence-electron chi connectivity index (χ2n) is 3.66. The third kappa shape index (κ3) is 1.80. The lowest BCUT2D eigenvalue weighted by Gasteiger charge is -2.17. The van der Waals surface area contributed by atoms with Crippen LogP contribution in [0.1, 0.15) is 32.1 Å². The van der Waals surface area contributed by atoms with Crippen molar-refractivity contribution in [2.45, 2.75) is 38.1 Å². The minimum Gasteiger partial charge on any atom is -0.300 e. The molecule has 0 aromatic rings. The van der Waals surface area contributed by atoms with E-state index in [0.29, 0.717) is 5.78 Å². The number of likely N-dealkylation sites (tertiary alicyclic amines) is 1. The third-order valence-corrected chi connectivity index (χ3v) is 2.64. The smallest absolute Gasteiger partial charge is 0.134 e. The van der Waals surface area contributed by atoms with Crippen LogP contribution in [-0.4, -0.2) is 29.8 Å². The predicted octanol–water partition coefficient (Wildman–Crippen LogP) is 1.20. The fourth-order valence-electron chi connectivity index (χ4n) is 1.79. The molecule has 0 bridgehead atoms. The summed E-state index contributed by atoms with van der Waals surface area (Å²) in [5.41, 5.74) is 0. The molecule has 2 rings (SSSR count). The molecule has 11 heavy (non-hydrogen) atoms. The van der Waals surface area contributed by atoms with Crippen LogP contribution in [0.25, 0.3) is 0 Å². The van der Waals surface area contributed by atoms with Crippen LogP contribution in [0.5, 0.6) is 0 Å². The summed E-state index contributed by atoms with van der Waals surface area (Å²) < 4.78 is 0. The van der Waals surface area contributed by atoms with Crippen molar-refractivity contribution in [1.82, 2.24) is 4.90 Å². The number of carbonyl (C=O) groups excluding carboxylic acids is 1. The van der Waals surface area contributed by atoms with E-state index in [0.717, 1.165) is 38.4 Å². The number of Topliss-reactive ketones (excluding diaryl/α,β-unsaturated/α-hetero) is 1. The average molecular weight is 153 g/mol. The lowest BCUT2D eigenvalue weighted by atomic mass is 10.2. The molecule has 0 radical (unpaired) electrons. The van der Waals surface area contributed by atoms with Gasteiger partial charge < -0.3 is 0 Å². The monoisotopic (exact) mass is 153 g/mol. The van der Waals surface area contributed by atoms with Gasteiger partial charge in [0, 0.05) is 25.4 Å². The molecule has 2 heteroatoms. The van der Waals surface area contributed by atoms with Gasteiger partial charge in [0.25, 0.3) is 0 Å². The SMILES string of the molecule is O=C1CCCN(C2CC2)CC1. The highest BCUT2D eigenvalue weighted by Gasteiger charge is 2.29. The Morgan fingerprint density at radius 2 is 2.00 bits per heavy atom. The summed E-state index contributed by atoms with van der Waals surface area (Å²) in [7, 11) is 0. The minimum atomic E-state index is 0.466. The molecule has 62 valence electrons. The van der Waals surface area contributed by atoms with E-state index < -0.39 is 0 Å². The maximum Gasteiger partial charge on any atom is 0.134 e. The Hall–Kier alpha value is -0.370. The van der Waals surface area contributed by atoms with Gasteiger partial charge in [0.2, 0.25) is 0 Å². The third-order valence-electron chi connectivity index (χ3n) is 2.64. The molecule has 1 aliphatic heterocycles. The lowest BCUT2D eigenvalue weighted by molar-refractivity contribution is -0.118. The molecular formula is C9H15NO. The van der Waals surface area contributed by atoms with E-state index in [1.165, 1.54) is 12.8 Å². The molecule has 0 unspecified atom stereocenters. The highest BCUT2D eigenvalue weighted by molar-refractivity contribution is 5.78. The summed E-state index contributed by atoms with van der Waals surface area (Å²) >= 11 is 0. The molecule has 0 spiro atoms.